The Labute approximate surface area is 86.1 Å². The number of fused-ring (bicyclic) bond motifs is 2. The molecule has 0 N–H and O–H groups in total. The number of hydrogen-bond acceptors (Lipinski definition) is 2. The van der Waals surface area contributed by atoms with Gasteiger partial charge >= 0.3 is 5.51 Å². The summed E-state index contributed by atoms with van der Waals surface area (Å²) in [6, 6.07) is -0.629. The van der Waals surface area contributed by atoms with Crippen molar-refractivity contribution in [2.24, 2.45) is 11.8 Å². The molecule has 3 nitrogen and oxygen atoms in total. The third-order valence-electron chi connectivity index (χ3n) is 3.27. The first kappa shape index (κ1) is 11.2. The number of sulfonamides is 1. The highest BCUT2D eigenvalue weighted by Gasteiger charge is 2.42. The number of alkyl halides is 3. The van der Waals surface area contributed by atoms with Crippen molar-refractivity contribution in [1.82, 2.24) is 0 Å². The van der Waals surface area contributed by atoms with Gasteiger partial charge in [-0.2, -0.15) is 13.2 Å². The smallest absolute Gasteiger partial charge is 0.480 e. The molecule has 0 aromatic rings. The van der Waals surface area contributed by atoms with Gasteiger partial charge in [-0.05, 0) is 12.3 Å². The van der Waals surface area contributed by atoms with Crippen molar-refractivity contribution in [2.75, 3.05) is 0 Å². The van der Waals surface area contributed by atoms with E-state index in [-0.39, 0.29) is 5.92 Å². The van der Waals surface area contributed by atoms with E-state index in [1.54, 1.807) is 0 Å². The second kappa shape index (κ2) is 3.35. The molecule has 0 saturated heterocycles. The molecular weight excluding hydrogens is 231 g/mol. The molecule has 3 unspecified atom stereocenters. The van der Waals surface area contributed by atoms with Crippen LogP contribution in [-0.4, -0.2) is 20.0 Å². The summed E-state index contributed by atoms with van der Waals surface area (Å²) in [5.74, 6) is 0.430. The molecule has 0 aliphatic heterocycles. The van der Waals surface area contributed by atoms with E-state index in [1.165, 1.54) is 0 Å². The molecule has 0 amide bonds. The lowest BCUT2D eigenvalue weighted by molar-refractivity contribution is -0.0428. The Hall–Kier alpha value is -0.300. The van der Waals surface area contributed by atoms with E-state index in [2.05, 4.69) is 4.72 Å². The van der Waals surface area contributed by atoms with Crippen LogP contribution in [0.2, 0.25) is 0 Å². The predicted molar refractivity (Wildman–Crippen MR) is 47.6 cm³/mol. The first-order chi connectivity index (χ1) is 6.79. The lowest BCUT2D eigenvalue weighted by atomic mass is 9.96. The second-order valence-electron chi connectivity index (χ2n) is 4.27. The molecule has 2 rings (SSSR count). The maximum absolute atomic E-state index is 12.0. The van der Waals surface area contributed by atoms with Crippen LogP contribution in [0.15, 0.2) is 0 Å². The Kier molecular flexibility index (Phi) is 2.50. The fraction of sp³-hybridized carbons (Fsp3) is 1.00. The molecule has 2 saturated carbocycles. The number of nitrogens with zero attached hydrogens (tertiary/aromatic N) is 1. The zero-order valence-electron chi connectivity index (χ0n) is 7.87. The van der Waals surface area contributed by atoms with Crippen molar-refractivity contribution in [3.8, 4) is 0 Å². The molecule has 88 valence electrons. The standard InChI is InChI=1S/C8H11F3NO2S/c9-8(10,11)15(13,14)12-7-4-5-1-2-6(7)3-5/h5-7H,1-4H2/q-1. The van der Waals surface area contributed by atoms with Gasteiger partial charge in [0, 0.05) is 0 Å². The Morgan fingerprint density at radius 1 is 1.13 bits per heavy atom. The maximum Gasteiger partial charge on any atom is 0.480 e. The van der Waals surface area contributed by atoms with Crippen LogP contribution in [0.3, 0.4) is 0 Å². The summed E-state index contributed by atoms with van der Waals surface area (Å²) in [5, 5.41) is 0. The highest BCUT2D eigenvalue weighted by molar-refractivity contribution is 7.94. The topological polar surface area (TPSA) is 48.2 Å². The molecule has 2 fully saturated rings. The molecule has 15 heavy (non-hydrogen) atoms. The quantitative estimate of drug-likeness (QED) is 0.746. The number of hydrogen-bond donors (Lipinski definition) is 0. The minimum atomic E-state index is -5.28. The molecule has 0 spiro atoms. The molecule has 2 aliphatic carbocycles. The van der Waals surface area contributed by atoms with E-state index < -0.39 is 21.6 Å². The van der Waals surface area contributed by atoms with Crippen LogP contribution < -0.4 is 0 Å². The third kappa shape index (κ3) is 1.99. The van der Waals surface area contributed by atoms with Crippen LogP contribution in [-0.2, 0) is 10.0 Å². The zero-order valence-corrected chi connectivity index (χ0v) is 8.68. The Bertz CT molecular complexity index is 351. The molecule has 2 bridgehead atoms. The van der Waals surface area contributed by atoms with Crippen LogP contribution >= 0.6 is 0 Å². The van der Waals surface area contributed by atoms with Crippen molar-refractivity contribution >= 4 is 10.0 Å². The van der Waals surface area contributed by atoms with Crippen molar-refractivity contribution < 1.29 is 21.6 Å². The zero-order chi connectivity index (χ0) is 11.3. The first-order valence-corrected chi connectivity index (χ1v) is 6.27. The van der Waals surface area contributed by atoms with Gasteiger partial charge in [0.2, 0.25) is 0 Å². The van der Waals surface area contributed by atoms with E-state index in [0.717, 1.165) is 19.3 Å². The average molecular weight is 242 g/mol. The molecular formula is C8H11F3NO2S-. The molecule has 7 heteroatoms. The maximum atomic E-state index is 12.0. The Balaban J connectivity index is 2.04. The lowest BCUT2D eigenvalue weighted by Crippen LogP contribution is -2.28. The summed E-state index contributed by atoms with van der Waals surface area (Å²) < 4.78 is 60.7. The molecule has 2 aliphatic rings. The van der Waals surface area contributed by atoms with Gasteiger partial charge in [0.25, 0.3) is 0 Å². The summed E-state index contributed by atoms with van der Waals surface area (Å²) >= 11 is 0. The highest BCUT2D eigenvalue weighted by Crippen LogP contribution is 2.49. The van der Waals surface area contributed by atoms with E-state index in [0.29, 0.717) is 12.3 Å². The molecule has 0 aromatic carbocycles. The van der Waals surface area contributed by atoms with Gasteiger partial charge in [-0.25, -0.2) is 8.42 Å². The highest BCUT2D eigenvalue weighted by atomic mass is 32.2. The van der Waals surface area contributed by atoms with Gasteiger partial charge < -0.3 is 4.72 Å². The van der Waals surface area contributed by atoms with Crippen molar-refractivity contribution in [2.45, 2.75) is 37.2 Å². The minimum absolute atomic E-state index is 0.0483. The van der Waals surface area contributed by atoms with Gasteiger partial charge in [0.05, 0.1) is 0 Å². The van der Waals surface area contributed by atoms with Gasteiger partial charge in [-0.1, -0.05) is 25.2 Å². The normalized spacial score (nSPS) is 36.1. The minimum Gasteiger partial charge on any atom is -0.538 e. The monoisotopic (exact) mass is 242 g/mol. The summed E-state index contributed by atoms with van der Waals surface area (Å²) in [6.07, 6.45) is 3.15. The van der Waals surface area contributed by atoms with Gasteiger partial charge in [0.15, 0.2) is 10.0 Å². The van der Waals surface area contributed by atoms with Crippen LogP contribution in [0.1, 0.15) is 25.7 Å². The summed E-state index contributed by atoms with van der Waals surface area (Å²) in [5.41, 5.74) is -5.24. The summed E-state index contributed by atoms with van der Waals surface area (Å²) in [6.45, 7) is 0. The van der Waals surface area contributed by atoms with E-state index >= 15 is 0 Å². The van der Waals surface area contributed by atoms with E-state index in [1.807, 2.05) is 0 Å². The van der Waals surface area contributed by atoms with Crippen molar-refractivity contribution in [1.29, 1.82) is 0 Å². The van der Waals surface area contributed by atoms with Crippen LogP contribution in [0.4, 0.5) is 13.2 Å². The summed E-state index contributed by atoms with van der Waals surface area (Å²) in [7, 11) is -5.28. The van der Waals surface area contributed by atoms with Crippen LogP contribution in [0, 0.1) is 11.8 Å². The lowest BCUT2D eigenvalue weighted by Gasteiger charge is -2.35. The predicted octanol–water partition coefficient (Wildman–Crippen LogP) is 2.40. The van der Waals surface area contributed by atoms with Crippen LogP contribution in [0.5, 0.6) is 0 Å². The molecule has 0 heterocycles. The summed E-state index contributed by atoms with van der Waals surface area (Å²) in [4.78, 5) is 0. The van der Waals surface area contributed by atoms with E-state index in [4.69, 9.17) is 0 Å². The average Bonchev–Trinajstić information content (AvgIpc) is 2.61. The fourth-order valence-corrected chi connectivity index (χ4v) is 3.31. The van der Waals surface area contributed by atoms with Crippen LogP contribution in [0.25, 0.3) is 4.72 Å². The largest absolute Gasteiger partial charge is 0.538 e. The van der Waals surface area contributed by atoms with E-state index in [9.17, 15) is 21.6 Å². The number of rotatable bonds is 2. The number of halogens is 3. The van der Waals surface area contributed by atoms with Gasteiger partial charge in [0.1, 0.15) is 0 Å². The first-order valence-electron chi connectivity index (χ1n) is 4.83. The Morgan fingerprint density at radius 3 is 2.20 bits per heavy atom. The fourth-order valence-electron chi connectivity index (χ4n) is 2.58. The Morgan fingerprint density at radius 2 is 1.80 bits per heavy atom. The van der Waals surface area contributed by atoms with Crippen molar-refractivity contribution in [3.05, 3.63) is 4.72 Å². The second-order valence-corrected chi connectivity index (χ2v) is 5.89. The van der Waals surface area contributed by atoms with Gasteiger partial charge in [-0.3, -0.25) is 0 Å². The molecule has 3 atom stereocenters. The SMILES string of the molecule is O=S(=O)([N-]C1CC2CCC1C2)C(F)(F)F. The third-order valence-corrected chi connectivity index (χ3v) is 4.40. The van der Waals surface area contributed by atoms with Gasteiger partial charge in [-0.15, -0.1) is 6.04 Å². The van der Waals surface area contributed by atoms with Crippen molar-refractivity contribution in [3.63, 3.8) is 0 Å². The molecule has 0 radical (unpaired) electrons. The molecule has 0 aromatic heterocycles.